The topological polar surface area (TPSA) is 60.7 Å². The molecule has 1 amide bonds. The third kappa shape index (κ3) is 4.89. The van der Waals surface area contributed by atoms with Crippen LogP contribution in [0.15, 0.2) is 69.6 Å². The van der Waals surface area contributed by atoms with Crippen LogP contribution in [0, 0.1) is 0 Å². The molecule has 3 rings (SSSR count). The zero-order chi connectivity index (χ0) is 18.4. The third-order valence-electron chi connectivity index (χ3n) is 3.68. The van der Waals surface area contributed by atoms with Crippen LogP contribution in [0.1, 0.15) is 5.76 Å². The summed E-state index contributed by atoms with van der Waals surface area (Å²) >= 11 is 3.41. The summed E-state index contributed by atoms with van der Waals surface area (Å²) in [6, 6.07) is 18.6. The first kappa shape index (κ1) is 18.1. The molecule has 0 spiro atoms. The molecule has 0 saturated heterocycles. The molecule has 0 atom stereocenters. The van der Waals surface area contributed by atoms with Crippen molar-refractivity contribution in [3.63, 3.8) is 0 Å². The van der Waals surface area contributed by atoms with E-state index < -0.39 is 0 Å². The molecule has 0 aliphatic heterocycles. The number of nitrogens with one attached hydrogen (secondary N) is 1. The highest BCUT2D eigenvalue weighted by molar-refractivity contribution is 9.10. The average Bonchev–Trinajstić information content (AvgIpc) is 3.14. The van der Waals surface area contributed by atoms with Crippen LogP contribution in [-0.4, -0.2) is 19.6 Å². The maximum Gasteiger partial charge on any atom is 0.258 e. The first-order valence-electron chi connectivity index (χ1n) is 8.02. The number of methoxy groups -OCH3 is 1. The Bertz CT molecular complexity index is 856. The van der Waals surface area contributed by atoms with Crippen LogP contribution in [0.4, 0.5) is 0 Å². The van der Waals surface area contributed by atoms with Crippen LogP contribution in [0.25, 0.3) is 11.3 Å². The van der Waals surface area contributed by atoms with Gasteiger partial charge in [0.2, 0.25) is 0 Å². The van der Waals surface area contributed by atoms with Crippen LogP contribution in [-0.2, 0) is 11.3 Å². The Morgan fingerprint density at radius 1 is 1.00 bits per heavy atom. The van der Waals surface area contributed by atoms with Crippen molar-refractivity contribution < 1.29 is 18.7 Å². The lowest BCUT2D eigenvalue weighted by Gasteiger charge is -2.07. The van der Waals surface area contributed by atoms with Crippen LogP contribution in [0.3, 0.4) is 0 Å². The Morgan fingerprint density at radius 3 is 2.38 bits per heavy atom. The number of benzene rings is 2. The normalized spacial score (nSPS) is 10.4. The highest BCUT2D eigenvalue weighted by atomic mass is 79.9. The molecule has 0 unspecified atom stereocenters. The zero-order valence-electron chi connectivity index (χ0n) is 14.2. The largest absolute Gasteiger partial charge is 0.497 e. The Hall–Kier alpha value is -2.73. The molecule has 2 aromatic carbocycles. The van der Waals surface area contributed by atoms with E-state index in [0.717, 1.165) is 21.5 Å². The minimum atomic E-state index is -0.220. The van der Waals surface area contributed by atoms with E-state index in [1.807, 2.05) is 36.4 Å². The Morgan fingerprint density at radius 2 is 1.69 bits per heavy atom. The van der Waals surface area contributed by atoms with E-state index in [1.165, 1.54) is 0 Å². The first-order chi connectivity index (χ1) is 12.6. The van der Waals surface area contributed by atoms with Gasteiger partial charge in [-0.25, -0.2) is 0 Å². The summed E-state index contributed by atoms with van der Waals surface area (Å²) in [6.45, 7) is 0.244. The van der Waals surface area contributed by atoms with Gasteiger partial charge in [-0.05, 0) is 48.5 Å². The Balaban J connectivity index is 1.47. The number of amides is 1. The monoisotopic (exact) mass is 415 g/mol. The predicted octanol–water partition coefficient (Wildman–Crippen LogP) is 4.41. The van der Waals surface area contributed by atoms with E-state index in [9.17, 15) is 4.79 Å². The van der Waals surface area contributed by atoms with E-state index in [-0.39, 0.29) is 12.5 Å². The van der Waals surface area contributed by atoms with E-state index >= 15 is 0 Å². The lowest BCUT2D eigenvalue weighted by Crippen LogP contribution is -2.28. The molecular formula is C20H18BrNO4. The number of ether oxygens (including phenoxy) is 2. The molecule has 0 fully saturated rings. The molecule has 3 aromatic rings. The molecule has 0 aliphatic carbocycles. The molecule has 1 aromatic heterocycles. The number of hydrogen-bond acceptors (Lipinski definition) is 4. The van der Waals surface area contributed by atoms with E-state index in [4.69, 9.17) is 13.9 Å². The van der Waals surface area contributed by atoms with Crippen LogP contribution in [0.5, 0.6) is 11.5 Å². The highest BCUT2D eigenvalue weighted by Crippen LogP contribution is 2.24. The maximum absolute atomic E-state index is 11.9. The fraction of sp³-hybridized carbons (Fsp3) is 0.150. The molecule has 6 heteroatoms. The number of furan rings is 1. The fourth-order valence-electron chi connectivity index (χ4n) is 2.30. The van der Waals surface area contributed by atoms with Gasteiger partial charge in [0.1, 0.15) is 23.0 Å². The van der Waals surface area contributed by atoms with Crippen molar-refractivity contribution in [3.8, 4) is 22.8 Å². The molecule has 0 saturated carbocycles. The van der Waals surface area contributed by atoms with E-state index in [0.29, 0.717) is 18.1 Å². The van der Waals surface area contributed by atoms with Gasteiger partial charge in [0, 0.05) is 10.0 Å². The van der Waals surface area contributed by atoms with E-state index in [1.54, 1.807) is 31.4 Å². The second-order valence-electron chi connectivity index (χ2n) is 5.51. The van der Waals surface area contributed by atoms with Crippen molar-refractivity contribution in [3.05, 3.63) is 70.9 Å². The smallest absolute Gasteiger partial charge is 0.258 e. The van der Waals surface area contributed by atoms with Gasteiger partial charge in [-0.2, -0.15) is 0 Å². The second-order valence-corrected chi connectivity index (χ2v) is 6.43. The lowest BCUT2D eigenvalue weighted by atomic mass is 10.2. The Labute approximate surface area is 160 Å². The molecule has 0 bridgehead atoms. The summed E-state index contributed by atoms with van der Waals surface area (Å²) in [6.07, 6.45) is 0. The fourth-order valence-corrected chi connectivity index (χ4v) is 2.56. The summed E-state index contributed by atoms with van der Waals surface area (Å²) in [4.78, 5) is 11.9. The van der Waals surface area contributed by atoms with Crippen molar-refractivity contribution in [2.75, 3.05) is 13.7 Å². The van der Waals surface area contributed by atoms with Gasteiger partial charge < -0.3 is 19.2 Å². The minimum absolute atomic E-state index is 0.0629. The molecule has 1 heterocycles. The zero-order valence-corrected chi connectivity index (χ0v) is 15.8. The first-order valence-corrected chi connectivity index (χ1v) is 8.81. The molecule has 0 radical (unpaired) electrons. The van der Waals surface area contributed by atoms with Crippen molar-refractivity contribution >= 4 is 21.8 Å². The SMILES string of the molecule is COc1ccc(OCC(=O)NCc2ccc(-c3ccc(Br)cc3)o2)cc1. The van der Waals surface area contributed by atoms with Gasteiger partial charge in [0.05, 0.1) is 13.7 Å². The number of carbonyl (C=O) groups excluding carboxylic acids is 1. The minimum Gasteiger partial charge on any atom is -0.497 e. The van der Waals surface area contributed by atoms with Gasteiger partial charge in [-0.1, -0.05) is 28.1 Å². The summed E-state index contributed by atoms with van der Waals surface area (Å²) in [5, 5.41) is 2.78. The molecule has 0 aliphatic rings. The maximum atomic E-state index is 11.9. The summed E-state index contributed by atoms with van der Waals surface area (Å²) in [7, 11) is 1.60. The number of carbonyl (C=O) groups is 1. The number of halogens is 1. The van der Waals surface area contributed by atoms with Gasteiger partial charge >= 0.3 is 0 Å². The Kier molecular flexibility index (Phi) is 5.96. The molecule has 26 heavy (non-hydrogen) atoms. The van der Waals surface area contributed by atoms with Crippen LogP contribution >= 0.6 is 15.9 Å². The van der Waals surface area contributed by atoms with E-state index in [2.05, 4.69) is 21.2 Å². The summed E-state index contributed by atoms with van der Waals surface area (Å²) in [5.41, 5.74) is 0.980. The molecule has 5 nitrogen and oxygen atoms in total. The van der Waals surface area contributed by atoms with Crippen molar-refractivity contribution in [2.24, 2.45) is 0 Å². The van der Waals surface area contributed by atoms with Gasteiger partial charge in [0.25, 0.3) is 5.91 Å². The second kappa shape index (κ2) is 8.58. The number of hydrogen-bond donors (Lipinski definition) is 1. The van der Waals surface area contributed by atoms with Gasteiger partial charge in [-0.15, -0.1) is 0 Å². The van der Waals surface area contributed by atoms with Gasteiger partial charge in [-0.3, -0.25) is 4.79 Å². The average molecular weight is 416 g/mol. The predicted molar refractivity (Wildman–Crippen MR) is 102 cm³/mol. The summed E-state index contributed by atoms with van der Waals surface area (Å²) < 4.78 is 17.3. The quantitative estimate of drug-likeness (QED) is 0.620. The summed E-state index contributed by atoms with van der Waals surface area (Å²) in [5.74, 6) is 2.57. The molecular weight excluding hydrogens is 398 g/mol. The molecule has 134 valence electrons. The van der Waals surface area contributed by atoms with Crippen molar-refractivity contribution in [1.82, 2.24) is 5.32 Å². The highest BCUT2D eigenvalue weighted by Gasteiger charge is 2.07. The van der Waals surface area contributed by atoms with Crippen molar-refractivity contribution in [1.29, 1.82) is 0 Å². The molecule has 1 N–H and O–H groups in total. The number of rotatable bonds is 7. The van der Waals surface area contributed by atoms with Crippen LogP contribution in [0.2, 0.25) is 0 Å². The van der Waals surface area contributed by atoms with Gasteiger partial charge in [0.15, 0.2) is 6.61 Å². The lowest BCUT2D eigenvalue weighted by molar-refractivity contribution is -0.123. The van der Waals surface area contributed by atoms with Crippen molar-refractivity contribution in [2.45, 2.75) is 6.54 Å². The standard InChI is InChI=1S/C20H18BrNO4/c1-24-16-6-8-17(9-7-16)25-13-20(23)22-12-18-10-11-19(26-18)14-2-4-15(21)5-3-14/h2-11H,12-13H2,1H3,(H,22,23). The van der Waals surface area contributed by atoms with Crippen LogP contribution < -0.4 is 14.8 Å². The third-order valence-corrected chi connectivity index (χ3v) is 4.21.